The molecule has 0 aliphatic carbocycles. The van der Waals surface area contributed by atoms with Gasteiger partial charge in [0.15, 0.2) is 0 Å². The number of aryl methyl sites for hydroxylation is 1. The van der Waals surface area contributed by atoms with E-state index in [1.807, 2.05) is 31.2 Å². The molecule has 0 spiro atoms. The highest BCUT2D eigenvalue weighted by Gasteiger charge is 2.15. The number of benzene rings is 2. The molecule has 1 unspecified atom stereocenters. The molecule has 19 heavy (non-hydrogen) atoms. The molecular weight excluding hydrogens is 263 g/mol. The lowest BCUT2D eigenvalue weighted by Crippen LogP contribution is -2.08. The van der Waals surface area contributed by atoms with Crippen LogP contribution >= 0.6 is 11.6 Å². The van der Waals surface area contributed by atoms with Crippen LogP contribution in [0.4, 0.5) is 4.39 Å². The Morgan fingerprint density at radius 2 is 1.95 bits per heavy atom. The third kappa shape index (κ3) is 3.34. The SMILES string of the molecule is Cc1cccc(C(CO)Cc2cccc(F)c2Cl)c1. The number of aliphatic hydroxyl groups excluding tert-OH is 1. The van der Waals surface area contributed by atoms with Gasteiger partial charge < -0.3 is 5.11 Å². The van der Waals surface area contributed by atoms with Crippen LogP contribution in [0.25, 0.3) is 0 Å². The first-order valence-electron chi connectivity index (χ1n) is 6.22. The number of hydrogen-bond acceptors (Lipinski definition) is 1. The number of hydrogen-bond donors (Lipinski definition) is 1. The van der Waals surface area contributed by atoms with Crippen LogP contribution in [0.15, 0.2) is 42.5 Å². The van der Waals surface area contributed by atoms with E-state index in [-0.39, 0.29) is 17.5 Å². The van der Waals surface area contributed by atoms with E-state index in [2.05, 4.69) is 0 Å². The second kappa shape index (κ2) is 6.18. The smallest absolute Gasteiger partial charge is 0.142 e. The van der Waals surface area contributed by atoms with Gasteiger partial charge in [0, 0.05) is 5.92 Å². The summed E-state index contributed by atoms with van der Waals surface area (Å²) in [6.45, 7) is 2.02. The predicted molar refractivity (Wildman–Crippen MR) is 76.1 cm³/mol. The molecule has 100 valence electrons. The Balaban J connectivity index is 2.26. The summed E-state index contributed by atoms with van der Waals surface area (Å²) >= 11 is 5.96. The van der Waals surface area contributed by atoms with E-state index in [9.17, 15) is 9.50 Å². The molecule has 1 atom stereocenters. The van der Waals surface area contributed by atoms with E-state index in [1.54, 1.807) is 12.1 Å². The van der Waals surface area contributed by atoms with Crippen molar-refractivity contribution >= 4 is 11.6 Å². The fourth-order valence-corrected chi connectivity index (χ4v) is 2.39. The molecular formula is C16H16ClFO. The van der Waals surface area contributed by atoms with Crippen LogP contribution in [0.1, 0.15) is 22.6 Å². The zero-order chi connectivity index (χ0) is 13.8. The van der Waals surface area contributed by atoms with Crippen LogP contribution in [-0.2, 0) is 6.42 Å². The number of rotatable bonds is 4. The molecule has 1 N–H and O–H groups in total. The molecule has 3 heteroatoms. The van der Waals surface area contributed by atoms with Gasteiger partial charge >= 0.3 is 0 Å². The second-order valence-electron chi connectivity index (χ2n) is 4.71. The maximum Gasteiger partial charge on any atom is 0.142 e. The van der Waals surface area contributed by atoms with E-state index < -0.39 is 5.82 Å². The first-order chi connectivity index (χ1) is 9.11. The van der Waals surface area contributed by atoms with Gasteiger partial charge in [0.1, 0.15) is 5.82 Å². The molecule has 0 amide bonds. The third-order valence-electron chi connectivity index (χ3n) is 3.23. The molecule has 2 aromatic carbocycles. The average molecular weight is 279 g/mol. The van der Waals surface area contributed by atoms with Crippen LogP contribution in [0.5, 0.6) is 0 Å². The van der Waals surface area contributed by atoms with Gasteiger partial charge in [-0.3, -0.25) is 0 Å². The minimum Gasteiger partial charge on any atom is -0.396 e. The summed E-state index contributed by atoms with van der Waals surface area (Å²) < 4.78 is 13.4. The molecule has 0 bridgehead atoms. The van der Waals surface area contributed by atoms with E-state index in [4.69, 9.17) is 11.6 Å². The third-order valence-corrected chi connectivity index (χ3v) is 3.66. The summed E-state index contributed by atoms with van der Waals surface area (Å²) in [6, 6.07) is 12.8. The van der Waals surface area contributed by atoms with E-state index in [0.29, 0.717) is 6.42 Å². The fraction of sp³-hybridized carbons (Fsp3) is 0.250. The van der Waals surface area contributed by atoms with Crippen molar-refractivity contribution in [2.75, 3.05) is 6.61 Å². The Hall–Kier alpha value is -1.38. The first kappa shape index (κ1) is 14.0. The average Bonchev–Trinajstić information content (AvgIpc) is 2.40. The Bertz CT molecular complexity index is 568. The molecule has 1 nitrogen and oxygen atoms in total. The lowest BCUT2D eigenvalue weighted by molar-refractivity contribution is 0.264. The molecule has 0 fully saturated rings. The predicted octanol–water partition coefficient (Wildman–Crippen LogP) is 4.11. The van der Waals surface area contributed by atoms with Crippen LogP contribution in [0, 0.1) is 12.7 Å². The zero-order valence-corrected chi connectivity index (χ0v) is 11.5. The standard InChI is InChI=1S/C16H16ClFO/c1-11-4-2-5-12(8-11)14(10-19)9-13-6-3-7-15(18)16(13)17/h2-8,14,19H,9-10H2,1H3. The molecule has 0 radical (unpaired) electrons. The van der Waals surface area contributed by atoms with E-state index in [0.717, 1.165) is 16.7 Å². The minimum absolute atomic E-state index is 0.0102. The highest BCUT2D eigenvalue weighted by Crippen LogP contribution is 2.27. The first-order valence-corrected chi connectivity index (χ1v) is 6.60. The highest BCUT2D eigenvalue weighted by atomic mass is 35.5. The summed E-state index contributed by atoms with van der Waals surface area (Å²) in [5.74, 6) is -0.487. The van der Waals surface area contributed by atoms with E-state index in [1.165, 1.54) is 6.07 Å². The maximum absolute atomic E-state index is 13.4. The lowest BCUT2D eigenvalue weighted by atomic mass is 9.92. The fourth-order valence-electron chi connectivity index (χ4n) is 2.18. The highest BCUT2D eigenvalue weighted by molar-refractivity contribution is 6.31. The summed E-state index contributed by atoms with van der Waals surface area (Å²) in [7, 11) is 0. The van der Waals surface area contributed by atoms with Gasteiger partial charge in [0.05, 0.1) is 11.6 Å². The van der Waals surface area contributed by atoms with Gasteiger partial charge in [-0.15, -0.1) is 0 Å². The monoisotopic (exact) mass is 278 g/mol. The van der Waals surface area contributed by atoms with Gasteiger partial charge in [-0.2, -0.15) is 0 Å². The van der Waals surface area contributed by atoms with Gasteiger partial charge in [0.25, 0.3) is 0 Å². The summed E-state index contributed by atoms with van der Waals surface area (Å²) in [5, 5.41) is 9.70. The largest absolute Gasteiger partial charge is 0.396 e. The molecule has 0 saturated carbocycles. The molecule has 0 aromatic heterocycles. The molecule has 0 heterocycles. The van der Waals surface area contributed by atoms with Gasteiger partial charge in [-0.25, -0.2) is 4.39 Å². The molecule has 0 saturated heterocycles. The quantitative estimate of drug-likeness (QED) is 0.892. The molecule has 0 aliphatic rings. The van der Waals surface area contributed by atoms with E-state index >= 15 is 0 Å². The summed E-state index contributed by atoms with van der Waals surface area (Å²) in [6.07, 6.45) is 0.524. The van der Waals surface area contributed by atoms with Crippen molar-refractivity contribution in [1.82, 2.24) is 0 Å². The van der Waals surface area contributed by atoms with Crippen molar-refractivity contribution in [3.63, 3.8) is 0 Å². The normalized spacial score (nSPS) is 12.4. The molecule has 2 aromatic rings. The van der Waals surface area contributed by atoms with Crippen LogP contribution in [0.3, 0.4) is 0 Å². The topological polar surface area (TPSA) is 20.2 Å². The Morgan fingerprint density at radius 1 is 1.21 bits per heavy atom. The Labute approximate surface area is 117 Å². The van der Waals surface area contributed by atoms with Crippen LogP contribution in [0.2, 0.25) is 5.02 Å². The van der Waals surface area contributed by atoms with Crippen LogP contribution < -0.4 is 0 Å². The number of aliphatic hydroxyl groups is 1. The number of halogens is 2. The minimum atomic E-state index is -0.417. The van der Waals surface area contributed by atoms with Crippen molar-refractivity contribution in [2.24, 2.45) is 0 Å². The maximum atomic E-state index is 13.4. The van der Waals surface area contributed by atoms with Crippen molar-refractivity contribution in [3.8, 4) is 0 Å². The van der Waals surface area contributed by atoms with Crippen LogP contribution in [-0.4, -0.2) is 11.7 Å². The molecule has 0 aliphatic heterocycles. The van der Waals surface area contributed by atoms with Crippen molar-refractivity contribution in [3.05, 3.63) is 70.0 Å². The Kier molecular flexibility index (Phi) is 4.56. The van der Waals surface area contributed by atoms with Gasteiger partial charge in [-0.05, 0) is 30.5 Å². The Morgan fingerprint density at radius 3 is 2.63 bits per heavy atom. The van der Waals surface area contributed by atoms with Crippen molar-refractivity contribution in [1.29, 1.82) is 0 Å². The van der Waals surface area contributed by atoms with Crippen molar-refractivity contribution in [2.45, 2.75) is 19.3 Å². The lowest BCUT2D eigenvalue weighted by Gasteiger charge is -2.16. The summed E-state index contributed by atoms with van der Waals surface area (Å²) in [5.41, 5.74) is 2.91. The molecule has 2 rings (SSSR count). The van der Waals surface area contributed by atoms with Gasteiger partial charge in [0.2, 0.25) is 0 Å². The van der Waals surface area contributed by atoms with Crippen molar-refractivity contribution < 1.29 is 9.50 Å². The zero-order valence-electron chi connectivity index (χ0n) is 10.7. The second-order valence-corrected chi connectivity index (χ2v) is 5.09. The summed E-state index contributed by atoms with van der Waals surface area (Å²) in [4.78, 5) is 0. The van der Waals surface area contributed by atoms with Gasteiger partial charge in [-0.1, -0.05) is 53.6 Å².